The molecule has 1 aromatic heterocycles. The van der Waals surface area contributed by atoms with Crippen LogP contribution in [0.4, 0.5) is 5.82 Å². The summed E-state index contributed by atoms with van der Waals surface area (Å²) in [5, 5.41) is 3.10. The van der Waals surface area contributed by atoms with Gasteiger partial charge in [0, 0.05) is 6.07 Å². The number of aromatic amines is 1. The van der Waals surface area contributed by atoms with Crippen LogP contribution in [0.25, 0.3) is 0 Å². The summed E-state index contributed by atoms with van der Waals surface area (Å²) in [6.07, 6.45) is 6.99. The SMILES string of the molecule is O=C1[C@@H]2[C@H](C(=O)N1CNc1cccc[nH+]1)[C@H]1C=C[C@H]2C1. The molecule has 0 radical (unpaired) electrons. The van der Waals surface area contributed by atoms with E-state index >= 15 is 0 Å². The van der Waals surface area contributed by atoms with Crippen LogP contribution in [0.1, 0.15) is 6.42 Å². The summed E-state index contributed by atoms with van der Waals surface area (Å²) in [5.41, 5.74) is 0. The Morgan fingerprint density at radius 2 is 1.85 bits per heavy atom. The zero-order valence-corrected chi connectivity index (χ0v) is 11.0. The molecule has 4 rings (SSSR count). The van der Waals surface area contributed by atoms with E-state index in [2.05, 4.69) is 22.5 Å². The number of fused-ring (bicyclic) bond motifs is 5. The van der Waals surface area contributed by atoms with Crippen LogP contribution < -0.4 is 10.3 Å². The van der Waals surface area contributed by atoms with Crippen molar-refractivity contribution in [3.05, 3.63) is 36.5 Å². The van der Waals surface area contributed by atoms with Crippen molar-refractivity contribution in [2.45, 2.75) is 6.42 Å². The molecule has 0 spiro atoms. The number of allylic oxidation sites excluding steroid dienone is 2. The Morgan fingerprint density at radius 1 is 1.15 bits per heavy atom. The molecule has 1 aromatic rings. The Morgan fingerprint density at radius 3 is 2.45 bits per heavy atom. The molecule has 2 fully saturated rings. The van der Waals surface area contributed by atoms with Crippen molar-refractivity contribution in [1.29, 1.82) is 0 Å². The Labute approximate surface area is 116 Å². The van der Waals surface area contributed by atoms with Crippen molar-refractivity contribution >= 4 is 17.6 Å². The number of anilines is 1. The third kappa shape index (κ3) is 1.52. The second kappa shape index (κ2) is 4.16. The van der Waals surface area contributed by atoms with Gasteiger partial charge in [0.1, 0.15) is 0 Å². The quantitative estimate of drug-likeness (QED) is 0.649. The number of pyridine rings is 1. The lowest BCUT2D eigenvalue weighted by atomic mass is 9.85. The molecule has 1 saturated carbocycles. The van der Waals surface area contributed by atoms with Crippen molar-refractivity contribution in [2.75, 3.05) is 12.0 Å². The Hall–Kier alpha value is -2.17. The van der Waals surface area contributed by atoms with Crippen LogP contribution in [0.2, 0.25) is 0 Å². The average Bonchev–Trinajstić information content (AvgIpc) is 3.13. The Balaban J connectivity index is 1.51. The summed E-state index contributed by atoms with van der Waals surface area (Å²) in [6, 6.07) is 5.65. The summed E-state index contributed by atoms with van der Waals surface area (Å²) in [5.74, 6) is 1.09. The monoisotopic (exact) mass is 270 g/mol. The maximum absolute atomic E-state index is 12.4. The highest BCUT2D eigenvalue weighted by molar-refractivity contribution is 6.06. The van der Waals surface area contributed by atoms with Crippen LogP contribution >= 0.6 is 0 Å². The van der Waals surface area contributed by atoms with E-state index in [-0.39, 0.29) is 42.2 Å². The van der Waals surface area contributed by atoms with Gasteiger partial charge in [-0.2, -0.15) is 0 Å². The third-order valence-corrected chi connectivity index (χ3v) is 4.70. The molecule has 1 aliphatic heterocycles. The van der Waals surface area contributed by atoms with Crippen LogP contribution in [0.5, 0.6) is 0 Å². The van der Waals surface area contributed by atoms with Crippen LogP contribution in [-0.2, 0) is 9.59 Å². The van der Waals surface area contributed by atoms with Crippen molar-refractivity contribution in [3.8, 4) is 0 Å². The second-order valence-electron chi connectivity index (χ2n) is 5.72. The maximum atomic E-state index is 12.4. The number of nitrogens with zero attached hydrogens (tertiary/aromatic N) is 1. The number of imide groups is 1. The fourth-order valence-corrected chi connectivity index (χ4v) is 3.79. The molecule has 5 nitrogen and oxygen atoms in total. The number of nitrogens with one attached hydrogen (secondary N) is 2. The topological polar surface area (TPSA) is 63.6 Å². The predicted octanol–water partition coefficient (Wildman–Crippen LogP) is 0.677. The molecular formula is C15H16N3O2+. The highest BCUT2D eigenvalue weighted by Crippen LogP contribution is 2.52. The van der Waals surface area contributed by atoms with Gasteiger partial charge in [-0.05, 0) is 24.3 Å². The van der Waals surface area contributed by atoms with E-state index in [4.69, 9.17) is 0 Å². The van der Waals surface area contributed by atoms with Gasteiger partial charge in [-0.1, -0.05) is 18.2 Å². The number of carbonyl (C=O) groups excluding carboxylic acids is 2. The molecule has 2 bridgehead atoms. The van der Waals surface area contributed by atoms with E-state index in [9.17, 15) is 9.59 Å². The average molecular weight is 270 g/mol. The van der Waals surface area contributed by atoms with E-state index in [1.54, 1.807) is 6.20 Å². The predicted molar refractivity (Wildman–Crippen MR) is 71.1 cm³/mol. The van der Waals surface area contributed by atoms with Crippen LogP contribution in [0.15, 0.2) is 36.5 Å². The Bertz CT molecular complexity index is 568. The van der Waals surface area contributed by atoms with Crippen LogP contribution in [0, 0.1) is 23.7 Å². The summed E-state index contributed by atoms with van der Waals surface area (Å²) in [6.45, 7) is 0.241. The molecule has 0 unspecified atom stereocenters. The minimum Gasteiger partial charge on any atom is -0.274 e. The van der Waals surface area contributed by atoms with Crippen molar-refractivity contribution < 1.29 is 14.6 Å². The molecule has 2 N–H and O–H groups in total. The first-order chi connectivity index (χ1) is 9.75. The zero-order valence-electron chi connectivity index (χ0n) is 11.0. The fourth-order valence-electron chi connectivity index (χ4n) is 3.79. The van der Waals surface area contributed by atoms with Crippen molar-refractivity contribution in [1.82, 2.24) is 4.90 Å². The number of likely N-dealkylation sites (tertiary alicyclic amines) is 1. The molecule has 1 saturated heterocycles. The standard InChI is InChI=1S/C15H15N3O2/c19-14-12-9-4-5-10(7-9)13(12)15(20)18(14)8-17-11-3-1-2-6-16-11/h1-6,9-10,12-13H,7-8H2,(H,16,17)/p+1/t9-,10-,12-,13+/m0/s1. The van der Waals surface area contributed by atoms with Gasteiger partial charge >= 0.3 is 0 Å². The third-order valence-electron chi connectivity index (χ3n) is 4.70. The highest BCUT2D eigenvalue weighted by Gasteiger charge is 2.59. The molecule has 5 heteroatoms. The van der Waals surface area contributed by atoms with E-state index in [0.29, 0.717) is 0 Å². The molecule has 3 aliphatic rings. The van der Waals surface area contributed by atoms with Gasteiger partial charge in [0.2, 0.25) is 11.8 Å². The van der Waals surface area contributed by atoms with Crippen LogP contribution in [0.3, 0.4) is 0 Å². The van der Waals surface area contributed by atoms with E-state index < -0.39 is 0 Å². The van der Waals surface area contributed by atoms with Gasteiger partial charge < -0.3 is 0 Å². The van der Waals surface area contributed by atoms with Crippen molar-refractivity contribution in [2.24, 2.45) is 23.7 Å². The summed E-state index contributed by atoms with van der Waals surface area (Å²) in [7, 11) is 0. The molecular weight excluding hydrogens is 254 g/mol. The van der Waals surface area contributed by atoms with E-state index in [1.165, 1.54) is 4.90 Å². The van der Waals surface area contributed by atoms with Gasteiger partial charge in [-0.15, -0.1) is 0 Å². The molecule has 2 aliphatic carbocycles. The maximum Gasteiger partial charge on any atom is 0.273 e. The zero-order chi connectivity index (χ0) is 13.7. The van der Waals surface area contributed by atoms with Gasteiger partial charge in [0.15, 0.2) is 6.67 Å². The number of rotatable bonds is 3. The number of hydrogen-bond donors (Lipinski definition) is 1. The minimum absolute atomic E-state index is 0.0136. The summed E-state index contributed by atoms with van der Waals surface area (Å²) >= 11 is 0. The van der Waals surface area contributed by atoms with Crippen LogP contribution in [-0.4, -0.2) is 23.4 Å². The van der Waals surface area contributed by atoms with Crippen molar-refractivity contribution in [3.63, 3.8) is 0 Å². The van der Waals surface area contributed by atoms with Gasteiger partial charge in [0.05, 0.1) is 18.0 Å². The first kappa shape index (κ1) is 11.6. The number of H-pyrrole nitrogens is 1. The summed E-state index contributed by atoms with van der Waals surface area (Å²) < 4.78 is 0. The summed E-state index contributed by atoms with van der Waals surface area (Å²) in [4.78, 5) is 29.3. The molecule has 0 aromatic carbocycles. The second-order valence-corrected chi connectivity index (χ2v) is 5.72. The molecule has 20 heavy (non-hydrogen) atoms. The molecule has 2 amide bonds. The van der Waals surface area contributed by atoms with Gasteiger partial charge in [-0.25, -0.2) is 9.88 Å². The first-order valence-electron chi connectivity index (χ1n) is 7.00. The van der Waals surface area contributed by atoms with Gasteiger partial charge in [-0.3, -0.25) is 14.9 Å². The molecule has 102 valence electrons. The van der Waals surface area contributed by atoms with Gasteiger partial charge in [0.25, 0.3) is 5.82 Å². The van der Waals surface area contributed by atoms with E-state index in [1.807, 2.05) is 18.2 Å². The molecule has 4 atom stereocenters. The molecule has 2 heterocycles. The number of hydrogen-bond acceptors (Lipinski definition) is 3. The highest BCUT2D eigenvalue weighted by atomic mass is 16.2. The first-order valence-corrected chi connectivity index (χ1v) is 7.00. The minimum atomic E-state index is -0.112. The Kier molecular flexibility index (Phi) is 2.42. The number of carbonyl (C=O) groups is 2. The lowest BCUT2D eigenvalue weighted by molar-refractivity contribution is -0.361. The largest absolute Gasteiger partial charge is 0.274 e. The lowest BCUT2D eigenvalue weighted by Crippen LogP contribution is -2.37. The fraction of sp³-hybridized carbons (Fsp3) is 0.400. The smallest absolute Gasteiger partial charge is 0.273 e. The normalized spacial score (nSPS) is 33.9. The van der Waals surface area contributed by atoms with E-state index in [0.717, 1.165) is 12.2 Å². The number of amides is 2. The number of aromatic nitrogens is 1. The lowest BCUT2D eigenvalue weighted by Gasteiger charge is -2.14.